The van der Waals surface area contributed by atoms with E-state index in [2.05, 4.69) is 20.5 Å². The molecule has 1 unspecified atom stereocenters. The third kappa shape index (κ3) is 6.60. The minimum absolute atomic E-state index is 0.0220. The van der Waals surface area contributed by atoms with Crippen LogP contribution in [-0.2, 0) is 9.53 Å². The number of hydrogen-bond acceptors (Lipinski definition) is 9. The highest BCUT2D eigenvalue weighted by atomic mass is 19.1. The number of rotatable bonds is 8. The molecular formula is C30H40FN7O5. The molecule has 1 aliphatic carbocycles. The van der Waals surface area contributed by atoms with E-state index in [0.717, 1.165) is 31.5 Å². The van der Waals surface area contributed by atoms with Crippen molar-refractivity contribution in [2.24, 2.45) is 5.41 Å². The van der Waals surface area contributed by atoms with Gasteiger partial charge in [-0.15, -0.1) is 0 Å². The van der Waals surface area contributed by atoms with Crippen LogP contribution in [0.4, 0.5) is 32.3 Å². The molecule has 13 heteroatoms. The fourth-order valence-electron chi connectivity index (χ4n) is 5.96. The van der Waals surface area contributed by atoms with Crippen LogP contribution >= 0.6 is 0 Å². The van der Waals surface area contributed by atoms with Crippen molar-refractivity contribution < 1.29 is 28.2 Å². The number of methoxy groups -OCH3 is 1. The van der Waals surface area contributed by atoms with Crippen molar-refractivity contribution in [2.45, 2.75) is 58.2 Å². The fourth-order valence-corrected chi connectivity index (χ4v) is 5.96. The Balaban J connectivity index is 1.27. The maximum Gasteiger partial charge on any atom is 0.409 e. The first-order chi connectivity index (χ1) is 20.6. The number of likely N-dealkylation sites (tertiary alicyclic amines) is 1. The molecule has 43 heavy (non-hydrogen) atoms. The molecule has 2 aromatic rings. The van der Waals surface area contributed by atoms with Crippen molar-refractivity contribution in [3.8, 4) is 5.75 Å². The largest absolute Gasteiger partial charge is 0.495 e. The smallest absolute Gasteiger partial charge is 0.409 e. The fraction of sp³-hybridized carbons (Fsp3) is 0.567. The number of carbonyl (C=O) groups is 3. The first-order valence-corrected chi connectivity index (χ1v) is 14.8. The minimum Gasteiger partial charge on any atom is -0.495 e. The molecule has 0 spiro atoms. The van der Waals surface area contributed by atoms with Crippen LogP contribution < -0.4 is 25.2 Å². The predicted molar refractivity (Wildman–Crippen MR) is 160 cm³/mol. The number of nitrogens with one attached hydrogen (secondary N) is 2. The second kappa shape index (κ2) is 12.6. The van der Waals surface area contributed by atoms with Crippen LogP contribution in [-0.4, -0.2) is 91.9 Å². The van der Waals surface area contributed by atoms with E-state index < -0.39 is 17.7 Å². The third-order valence-electron chi connectivity index (χ3n) is 8.31. The lowest BCUT2D eigenvalue weighted by atomic mass is 9.91. The molecule has 5 rings (SSSR count). The second-order valence-corrected chi connectivity index (χ2v) is 12.0. The van der Waals surface area contributed by atoms with Gasteiger partial charge in [0.05, 0.1) is 37.5 Å². The summed E-state index contributed by atoms with van der Waals surface area (Å²) in [6.07, 6.45) is 4.79. The molecule has 3 heterocycles. The lowest BCUT2D eigenvalue weighted by Gasteiger charge is -2.34. The number of ether oxygens (including phenoxy) is 2. The highest BCUT2D eigenvalue weighted by molar-refractivity contribution is 6.01. The molecule has 0 bridgehead atoms. The van der Waals surface area contributed by atoms with Crippen LogP contribution in [0.3, 0.4) is 0 Å². The maximum absolute atomic E-state index is 13.3. The Labute approximate surface area is 250 Å². The highest BCUT2D eigenvalue weighted by Gasteiger charge is 2.41. The predicted octanol–water partition coefficient (Wildman–Crippen LogP) is 3.89. The van der Waals surface area contributed by atoms with Gasteiger partial charge in [-0.3, -0.25) is 9.59 Å². The topological polar surface area (TPSA) is 129 Å². The molecule has 1 aromatic heterocycles. The molecule has 1 saturated carbocycles. The van der Waals surface area contributed by atoms with Crippen LogP contribution in [0.15, 0.2) is 24.4 Å². The molecule has 3 amide bonds. The van der Waals surface area contributed by atoms with Gasteiger partial charge in [0, 0.05) is 31.7 Å². The van der Waals surface area contributed by atoms with Crippen LogP contribution in [0.5, 0.6) is 5.75 Å². The zero-order valence-electron chi connectivity index (χ0n) is 25.2. The molecule has 2 N–H and O–H groups in total. The summed E-state index contributed by atoms with van der Waals surface area (Å²) < 4.78 is 24.0. The van der Waals surface area contributed by atoms with E-state index in [9.17, 15) is 18.8 Å². The Morgan fingerprint density at radius 2 is 1.95 bits per heavy atom. The van der Waals surface area contributed by atoms with Gasteiger partial charge < -0.3 is 34.8 Å². The van der Waals surface area contributed by atoms with E-state index in [1.54, 1.807) is 36.3 Å². The van der Waals surface area contributed by atoms with Crippen molar-refractivity contribution in [1.82, 2.24) is 20.2 Å². The summed E-state index contributed by atoms with van der Waals surface area (Å²) in [7, 11) is 3.27. The number of halogens is 1. The number of anilines is 4. The van der Waals surface area contributed by atoms with Crippen molar-refractivity contribution in [2.75, 3.05) is 62.1 Å². The standard InChI is InChI=1S/C30H40FN7O5/c1-30(2)18-38(21-7-5-6-8-21)25-23(36(3)27(30)40)16-33-28(35-25)34-22-10-9-19(15-24(22)42-4)26(39)32-12-14-43-29(41)37-13-11-20(31)17-37/h9-10,15-16,20-21H,5-8,11-14,17-18H2,1-4H3,(H,32,39)(H,33,34,35). The molecule has 12 nitrogen and oxygen atoms in total. The third-order valence-corrected chi connectivity index (χ3v) is 8.31. The first-order valence-electron chi connectivity index (χ1n) is 14.8. The Bertz CT molecular complexity index is 1370. The lowest BCUT2D eigenvalue weighted by Crippen LogP contribution is -2.45. The Morgan fingerprint density at radius 1 is 1.19 bits per heavy atom. The van der Waals surface area contributed by atoms with Crippen LogP contribution in [0.1, 0.15) is 56.3 Å². The van der Waals surface area contributed by atoms with E-state index in [4.69, 9.17) is 14.5 Å². The van der Waals surface area contributed by atoms with Crippen molar-refractivity contribution >= 4 is 41.0 Å². The number of carbonyl (C=O) groups excluding carboxylic acids is 3. The zero-order valence-corrected chi connectivity index (χ0v) is 25.2. The molecule has 2 fully saturated rings. The Kier molecular flexibility index (Phi) is 8.88. The number of aromatic nitrogens is 2. The number of benzene rings is 1. The number of hydrogen-bond donors (Lipinski definition) is 2. The molecule has 2 aliphatic heterocycles. The van der Waals surface area contributed by atoms with Gasteiger partial charge in [0.2, 0.25) is 11.9 Å². The summed E-state index contributed by atoms with van der Waals surface area (Å²) in [5, 5.41) is 5.93. The van der Waals surface area contributed by atoms with Gasteiger partial charge in [-0.25, -0.2) is 14.2 Å². The van der Waals surface area contributed by atoms with Gasteiger partial charge in [-0.2, -0.15) is 4.98 Å². The second-order valence-electron chi connectivity index (χ2n) is 12.0. The molecule has 232 valence electrons. The average molecular weight is 598 g/mol. The lowest BCUT2D eigenvalue weighted by molar-refractivity contribution is -0.125. The van der Waals surface area contributed by atoms with Gasteiger partial charge in [0.1, 0.15) is 24.2 Å². The highest BCUT2D eigenvalue weighted by Crippen LogP contribution is 2.40. The van der Waals surface area contributed by atoms with Gasteiger partial charge in [0.15, 0.2) is 5.82 Å². The first kappa shape index (κ1) is 30.3. The Hall–Kier alpha value is -4.16. The van der Waals surface area contributed by atoms with Gasteiger partial charge in [0.25, 0.3) is 5.91 Å². The van der Waals surface area contributed by atoms with E-state index in [1.807, 2.05) is 13.8 Å². The quantitative estimate of drug-likeness (QED) is 0.436. The van der Waals surface area contributed by atoms with Gasteiger partial charge in [-0.05, 0) is 51.3 Å². The molecule has 3 aliphatic rings. The van der Waals surface area contributed by atoms with Gasteiger partial charge in [-0.1, -0.05) is 12.8 Å². The van der Waals surface area contributed by atoms with E-state index in [1.165, 1.54) is 12.0 Å². The normalized spacial score (nSPS) is 20.1. The summed E-state index contributed by atoms with van der Waals surface area (Å²) in [5.41, 5.74) is 1.01. The number of nitrogens with zero attached hydrogens (tertiary/aromatic N) is 5. The number of alkyl halides is 1. The molecule has 1 aromatic carbocycles. The SMILES string of the molecule is COc1cc(C(=O)NCCOC(=O)N2CCC(F)C2)ccc1Nc1ncc2c(n1)N(C1CCCC1)CC(C)(C)C(=O)N2C. The molecule has 0 radical (unpaired) electrons. The Morgan fingerprint density at radius 3 is 2.65 bits per heavy atom. The zero-order chi connectivity index (χ0) is 30.7. The van der Waals surface area contributed by atoms with Crippen molar-refractivity contribution in [1.29, 1.82) is 0 Å². The van der Waals surface area contributed by atoms with Crippen LogP contribution in [0.25, 0.3) is 0 Å². The molecular weight excluding hydrogens is 557 g/mol. The van der Waals surface area contributed by atoms with Gasteiger partial charge >= 0.3 is 6.09 Å². The van der Waals surface area contributed by atoms with E-state index in [0.29, 0.717) is 54.2 Å². The van der Waals surface area contributed by atoms with Crippen LogP contribution in [0, 0.1) is 5.41 Å². The van der Waals surface area contributed by atoms with Crippen LogP contribution in [0.2, 0.25) is 0 Å². The summed E-state index contributed by atoms with van der Waals surface area (Å²) in [4.78, 5) is 52.6. The minimum atomic E-state index is -1.02. The summed E-state index contributed by atoms with van der Waals surface area (Å²) in [6.45, 7) is 4.95. The number of amides is 3. The summed E-state index contributed by atoms with van der Waals surface area (Å²) in [5.74, 6) is 1.13. The average Bonchev–Trinajstić information content (AvgIpc) is 3.68. The monoisotopic (exact) mass is 597 g/mol. The maximum atomic E-state index is 13.3. The van der Waals surface area contributed by atoms with E-state index >= 15 is 0 Å². The van der Waals surface area contributed by atoms with E-state index in [-0.39, 0.29) is 31.5 Å². The number of fused-ring (bicyclic) bond motifs is 1. The summed E-state index contributed by atoms with van der Waals surface area (Å²) in [6, 6.07) is 5.25. The van der Waals surface area contributed by atoms with Crippen molar-refractivity contribution in [3.63, 3.8) is 0 Å². The van der Waals surface area contributed by atoms with Crippen molar-refractivity contribution in [3.05, 3.63) is 30.0 Å². The molecule has 1 atom stereocenters. The summed E-state index contributed by atoms with van der Waals surface area (Å²) >= 11 is 0. The molecule has 1 saturated heterocycles.